The van der Waals surface area contributed by atoms with Gasteiger partial charge in [0, 0.05) is 56.1 Å². The summed E-state index contributed by atoms with van der Waals surface area (Å²) in [5.41, 5.74) is -2.05. The highest BCUT2D eigenvalue weighted by Gasteiger charge is 2.51. The summed E-state index contributed by atoms with van der Waals surface area (Å²) >= 11 is 0. The minimum Gasteiger partial charge on any atom is -0.459 e. The van der Waals surface area contributed by atoms with E-state index < -0.39 is 96.5 Å². The van der Waals surface area contributed by atoms with E-state index in [0.717, 1.165) is 25.0 Å². The van der Waals surface area contributed by atoms with Gasteiger partial charge in [-0.05, 0) is 97.2 Å². The Labute approximate surface area is 370 Å². The van der Waals surface area contributed by atoms with Crippen molar-refractivity contribution in [2.24, 2.45) is 29.6 Å². The van der Waals surface area contributed by atoms with Crippen molar-refractivity contribution < 1.29 is 69.3 Å². The lowest BCUT2D eigenvalue weighted by molar-refractivity contribution is -0.342. The number of aliphatic hydroxyl groups excluding tert-OH is 7. The van der Waals surface area contributed by atoms with Gasteiger partial charge in [-0.2, -0.15) is 0 Å². The number of likely N-dealkylation sites (N-methyl/N-ethyl adjacent to an activating group) is 1. The van der Waals surface area contributed by atoms with Gasteiger partial charge in [-0.25, -0.2) is 4.79 Å². The minimum absolute atomic E-state index is 0.0477. The summed E-state index contributed by atoms with van der Waals surface area (Å²) in [4.78, 5) is 15.5. The molecule has 20 unspecified atom stereocenters. The molecule has 3 fully saturated rings. The van der Waals surface area contributed by atoms with Crippen molar-refractivity contribution in [2.45, 2.75) is 216 Å². The number of aliphatic hydroxyl groups is 8. The van der Waals surface area contributed by atoms with Crippen molar-refractivity contribution in [3.8, 4) is 0 Å². The Morgan fingerprint density at radius 1 is 0.935 bits per heavy atom. The zero-order chi connectivity index (χ0) is 46.1. The molecule has 0 aromatic rings. The quantitative estimate of drug-likeness (QED) is 0.123. The SMILES string of the molecule is CCC(O)CC1CCCC2(CC3OC(=O)C=CC(C)(O)C(O)C(C)C(O)C(OC4CC(O)C(N(C)C)C(C)O4)C(O)C(C)CCCC=CC(CC(C)CO)C(O)CC(O2)C3C)O1. The summed E-state index contributed by atoms with van der Waals surface area (Å²) < 4.78 is 32.0. The summed E-state index contributed by atoms with van der Waals surface area (Å²) in [7, 11) is 3.69. The molecule has 0 saturated carbocycles. The molecule has 15 nitrogen and oxygen atoms in total. The normalized spacial score (nSPS) is 44.6. The molecular weight excluding hydrogens is 803 g/mol. The number of hydrogen-bond donors (Lipinski definition) is 8. The monoisotopic (exact) mass is 886 g/mol. The van der Waals surface area contributed by atoms with Crippen molar-refractivity contribution >= 4 is 5.97 Å². The number of carbonyl (C=O) groups is 1. The van der Waals surface area contributed by atoms with Gasteiger partial charge in [-0.15, -0.1) is 0 Å². The predicted molar refractivity (Wildman–Crippen MR) is 232 cm³/mol. The molecule has 4 aliphatic heterocycles. The Balaban J connectivity index is 1.67. The molecule has 360 valence electrons. The summed E-state index contributed by atoms with van der Waals surface area (Å²) in [5, 5.41) is 90.3. The first-order valence-corrected chi connectivity index (χ1v) is 23.4. The van der Waals surface area contributed by atoms with E-state index >= 15 is 0 Å². The standard InChI is InChI=1S/C47H83NO14/c1-10-33(50)22-34-17-14-19-47(61-34)25-38-29(4)37(62-47)23-35(51)32(21-27(2)26-49)16-13-11-12-15-28(3)42(54)44(60-40-24-36(52)41(48(8)9)31(6)58-40)43(55)30(5)45(56)46(7,57)20-18-39(53)59-38/h13,16,18,20,27-38,40-45,49-52,54-57H,10-12,14-15,17,19,21-26H2,1-9H3. The van der Waals surface area contributed by atoms with Crippen LogP contribution in [0, 0.1) is 29.6 Å². The van der Waals surface area contributed by atoms with Gasteiger partial charge in [0.2, 0.25) is 0 Å². The van der Waals surface area contributed by atoms with Crippen LogP contribution in [0.25, 0.3) is 0 Å². The minimum atomic E-state index is -2.05. The molecule has 3 saturated heterocycles. The van der Waals surface area contributed by atoms with Crippen LogP contribution in [-0.4, -0.2) is 163 Å². The molecule has 20 atom stereocenters. The molecule has 2 bridgehead atoms. The first kappa shape index (κ1) is 53.0. The summed E-state index contributed by atoms with van der Waals surface area (Å²) in [6, 6.07) is -0.304. The van der Waals surface area contributed by atoms with Crippen LogP contribution in [0.15, 0.2) is 24.3 Å². The maximum absolute atomic E-state index is 13.6. The summed E-state index contributed by atoms with van der Waals surface area (Å²) in [6.45, 7) is 12.2. The molecule has 62 heavy (non-hydrogen) atoms. The highest BCUT2D eigenvalue weighted by molar-refractivity contribution is 5.82. The van der Waals surface area contributed by atoms with Gasteiger partial charge in [-0.1, -0.05) is 46.8 Å². The number of fused-ring (bicyclic) bond motifs is 2. The number of rotatable bonds is 9. The second-order valence-electron chi connectivity index (χ2n) is 19.8. The zero-order valence-corrected chi connectivity index (χ0v) is 38.9. The van der Waals surface area contributed by atoms with Crippen LogP contribution in [0.3, 0.4) is 0 Å². The summed E-state index contributed by atoms with van der Waals surface area (Å²) in [6.07, 6.45) is 1.07. The van der Waals surface area contributed by atoms with E-state index in [-0.39, 0.29) is 55.8 Å². The summed E-state index contributed by atoms with van der Waals surface area (Å²) in [5.74, 6) is -4.22. The second-order valence-corrected chi connectivity index (χ2v) is 19.8. The maximum Gasteiger partial charge on any atom is 0.330 e. The van der Waals surface area contributed by atoms with E-state index in [1.807, 2.05) is 65.8 Å². The average Bonchev–Trinajstić information content (AvgIpc) is 3.21. The zero-order valence-electron chi connectivity index (χ0n) is 38.9. The molecule has 0 amide bonds. The Kier molecular flexibility index (Phi) is 20.3. The number of ether oxygens (including phenoxy) is 5. The highest BCUT2D eigenvalue weighted by atomic mass is 16.7. The molecule has 4 aliphatic rings. The van der Waals surface area contributed by atoms with Crippen molar-refractivity contribution in [3.05, 3.63) is 24.3 Å². The van der Waals surface area contributed by atoms with Crippen molar-refractivity contribution in [1.29, 1.82) is 0 Å². The second kappa shape index (κ2) is 23.7. The third-order valence-corrected chi connectivity index (χ3v) is 14.2. The third kappa shape index (κ3) is 14.2. The third-order valence-electron chi connectivity index (χ3n) is 14.2. The Bertz CT molecular complexity index is 1400. The Hall–Kier alpha value is -1.57. The van der Waals surface area contributed by atoms with Gasteiger partial charge < -0.3 is 69.4 Å². The molecular formula is C47H83NO14. The molecule has 4 rings (SSSR count). The smallest absolute Gasteiger partial charge is 0.330 e. The number of carbonyl (C=O) groups excluding carboxylic acids is 1. The Morgan fingerprint density at radius 3 is 2.29 bits per heavy atom. The lowest BCUT2D eigenvalue weighted by Gasteiger charge is -2.51. The van der Waals surface area contributed by atoms with E-state index in [1.54, 1.807) is 0 Å². The van der Waals surface area contributed by atoms with Gasteiger partial charge in [0.25, 0.3) is 0 Å². The number of esters is 1. The van der Waals surface area contributed by atoms with E-state index in [0.29, 0.717) is 44.9 Å². The molecule has 0 radical (unpaired) electrons. The van der Waals surface area contributed by atoms with Gasteiger partial charge in [0.05, 0.1) is 61.0 Å². The predicted octanol–water partition coefficient (Wildman–Crippen LogP) is 3.35. The van der Waals surface area contributed by atoms with Crippen molar-refractivity contribution in [1.82, 2.24) is 4.90 Å². The van der Waals surface area contributed by atoms with Gasteiger partial charge in [-0.3, -0.25) is 0 Å². The number of allylic oxidation sites excluding steroid dienone is 1. The molecule has 0 aliphatic carbocycles. The molecule has 1 spiro atoms. The van der Waals surface area contributed by atoms with Crippen LogP contribution in [0.5, 0.6) is 0 Å². The van der Waals surface area contributed by atoms with Gasteiger partial charge in [0.1, 0.15) is 17.8 Å². The average molecular weight is 886 g/mol. The van der Waals surface area contributed by atoms with Crippen LogP contribution >= 0.6 is 0 Å². The maximum atomic E-state index is 13.6. The van der Waals surface area contributed by atoms with Crippen LogP contribution in [0.2, 0.25) is 0 Å². The molecule has 8 N–H and O–H groups in total. The fraction of sp³-hybridized carbons (Fsp3) is 0.894. The largest absolute Gasteiger partial charge is 0.459 e. The van der Waals surface area contributed by atoms with Crippen LogP contribution < -0.4 is 0 Å². The topological polar surface area (TPSA) is 228 Å². The fourth-order valence-corrected chi connectivity index (χ4v) is 10.1. The van der Waals surface area contributed by atoms with Crippen LogP contribution in [0.1, 0.15) is 126 Å². The van der Waals surface area contributed by atoms with Gasteiger partial charge in [0.15, 0.2) is 12.1 Å². The fourth-order valence-electron chi connectivity index (χ4n) is 10.1. The number of nitrogens with zero attached hydrogens (tertiary/aromatic N) is 1. The number of hydrogen-bond acceptors (Lipinski definition) is 15. The lowest BCUT2D eigenvalue weighted by Crippen LogP contribution is -2.57. The van der Waals surface area contributed by atoms with E-state index in [2.05, 4.69) is 0 Å². The lowest BCUT2D eigenvalue weighted by atomic mass is 9.80. The highest BCUT2D eigenvalue weighted by Crippen LogP contribution is 2.45. The molecule has 0 aromatic heterocycles. The van der Waals surface area contributed by atoms with E-state index in [9.17, 15) is 45.6 Å². The first-order chi connectivity index (χ1) is 29.1. The Morgan fingerprint density at radius 2 is 1.65 bits per heavy atom. The van der Waals surface area contributed by atoms with Gasteiger partial charge >= 0.3 is 5.97 Å². The van der Waals surface area contributed by atoms with Crippen LogP contribution in [-0.2, 0) is 28.5 Å². The van der Waals surface area contributed by atoms with Crippen molar-refractivity contribution in [2.75, 3.05) is 20.7 Å². The molecule has 15 heteroatoms. The van der Waals surface area contributed by atoms with E-state index in [1.165, 1.54) is 13.8 Å². The molecule has 4 heterocycles. The first-order valence-electron chi connectivity index (χ1n) is 23.4. The molecule has 0 aromatic carbocycles. The van der Waals surface area contributed by atoms with Crippen molar-refractivity contribution in [3.63, 3.8) is 0 Å². The van der Waals surface area contributed by atoms with E-state index in [4.69, 9.17) is 23.7 Å². The van der Waals surface area contributed by atoms with Crippen LogP contribution in [0.4, 0.5) is 0 Å².